The van der Waals surface area contributed by atoms with Gasteiger partial charge in [-0.15, -0.1) is 0 Å². The van der Waals surface area contributed by atoms with E-state index in [4.69, 9.17) is 4.74 Å². The fraction of sp³-hybridized carbons (Fsp3) is 0.667. The second kappa shape index (κ2) is 7.68. The van der Waals surface area contributed by atoms with Gasteiger partial charge in [0.15, 0.2) is 0 Å². The van der Waals surface area contributed by atoms with Crippen LogP contribution in [0.1, 0.15) is 64.4 Å². The molecule has 1 saturated carbocycles. The van der Waals surface area contributed by atoms with Crippen LogP contribution in [0.4, 0.5) is 0 Å². The van der Waals surface area contributed by atoms with Crippen molar-refractivity contribution < 1.29 is 4.74 Å². The number of hydrogen-bond acceptors (Lipinski definition) is 2. The predicted molar refractivity (Wildman–Crippen MR) is 85.5 cm³/mol. The zero-order valence-corrected chi connectivity index (χ0v) is 13.2. The Morgan fingerprint density at radius 3 is 2.90 bits per heavy atom. The van der Waals surface area contributed by atoms with Crippen LogP contribution in [-0.2, 0) is 0 Å². The Labute approximate surface area is 123 Å². The third-order valence-corrected chi connectivity index (χ3v) is 4.14. The highest BCUT2D eigenvalue weighted by Crippen LogP contribution is 2.26. The first-order chi connectivity index (χ1) is 9.69. The number of ether oxygens (including phenoxy) is 1. The van der Waals surface area contributed by atoms with E-state index in [1.165, 1.54) is 31.2 Å². The molecule has 2 nitrogen and oxygen atoms in total. The summed E-state index contributed by atoms with van der Waals surface area (Å²) in [4.78, 5) is 0. The molecule has 20 heavy (non-hydrogen) atoms. The first-order valence-electron chi connectivity index (χ1n) is 8.19. The number of benzene rings is 1. The Hall–Kier alpha value is -1.02. The molecule has 112 valence electrons. The molecule has 0 heterocycles. The fourth-order valence-electron chi connectivity index (χ4n) is 2.93. The molecule has 2 heteroatoms. The third-order valence-electron chi connectivity index (χ3n) is 4.14. The molecule has 1 aromatic carbocycles. The molecule has 1 aliphatic rings. The molecule has 1 fully saturated rings. The summed E-state index contributed by atoms with van der Waals surface area (Å²) in [5.74, 6) is 1.60. The van der Waals surface area contributed by atoms with E-state index >= 15 is 0 Å². The summed E-state index contributed by atoms with van der Waals surface area (Å²) in [5.41, 5.74) is 1.36. The lowest BCUT2D eigenvalue weighted by Crippen LogP contribution is -2.38. The molecule has 0 aromatic heterocycles. The van der Waals surface area contributed by atoms with Crippen LogP contribution in [0.25, 0.3) is 0 Å². The minimum atomic E-state index is 0.375. The molecular formula is C18H29NO. The summed E-state index contributed by atoms with van der Waals surface area (Å²) in [6, 6.07) is 9.23. The van der Waals surface area contributed by atoms with Gasteiger partial charge in [-0.05, 0) is 62.3 Å². The van der Waals surface area contributed by atoms with E-state index in [1.54, 1.807) is 0 Å². The van der Waals surface area contributed by atoms with Crippen molar-refractivity contribution >= 4 is 0 Å². The Balaban J connectivity index is 1.90. The molecule has 2 unspecified atom stereocenters. The second-order valence-corrected chi connectivity index (χ2v) is 6.28. The zero-order valence-electron chi connectivity index (χ0n) is 13.2. The Kier molecular flexibility index (Phi) is 5.90. The van der Waals surface area contributed by atoms with Gasteiger partial charge < -0.3 is 10.1 Å². The first kappa shape index (κ1) is 15.4. The molecule has 0 saturated heterocycles. The second-order valence-electron chi connectivity index (χ2n) is 6.28. The van der Waals surface area contributed by atoms with Gasteiger partial charge in [-0.1, -0.05) is 32.9 Å². The van der Waals surface area contributed by atoms with Crippen LogP contribution in [0.5, 0.6) is 5.75 Å². The largest absolute Gasteiger partial charge is 0.490 e. The third kappa shape index (κ3) is 4.52. The molecule has 0 bridgehead atoms. The maximum atomic E-state index is 6.22. The average Bonchev–Trinajstić information content (AvgIpc) is 2.46. The van der Waals surface area contributed by atoms with Crippen LogP contribution in [0.2, 0.25) is 0 Å². The van der Waals surface area contributed by atoms with Crippen molar-refractivity contribution in [2.24, 2.45) is 0 Å². The predicted octanol–water partition coefficient (Wildman–Crippen LogP) is 4.50. The van der Waals surface area contributed by atoms with Crippen molar-refractivity contribution in [1.82, 2.24) is 5.32 Å². The maximum Gasteiger partial charge on any atom is 0.120 e. The van der Waals surface area contributed by atoms with Crippen molar-refractivity contribution in [3.05, 3.63) is 29.8 Å². The molecule has 2 atom stereocenters. The molecule has 0 aliphatic heterocycles. The summed E-state index contributed by atoms with van der Waals surface area (Å²) >= 11 is 0. The van der Waals surface area contributed by atoms with Crippen molar-refractivity contribution in [2.75, 3.05) is 6.54 Å². The van der Waals surface area contributed by atoms with Crippen LogP contribution < -0.4 is 10.1 Å². The van der Waals surface area contributed by atoms with Crippen LogP contribution in [-0.4, -0.2) is 18.7 Å². The molecule has 1 N–H and O–H groups in total. The smallest absolute Gasteiger partial charge is 0.120 e. The molecule has 0 spiro atoms. The van der Waals surface area contributed by atoms with E-state index in [1.807, 2.05) is 0 Å². The average molecular weight is 275 g/mol. The van der Waals surface area contributed by atoms with Gasteiger partial charge in [-0.2, -0.15) is 0 Å². The van der Waals surface area contributed by atoms with Gasteiger partial charge in [0.2, 0.25) is 0 Å². The summed E-state index contributed by atoms with van der Waals surface area (Å²) < 4.78 is 6.22. The summed E-state index contributed by atoms with van der Waals surface area (Å²) in [7, 11) is 0. The van der Waals surface area contributed by atoms with Crippen LogP contribution in [0, 0.1) is 0 Å². The van der Waals surface area contributed by atoms with Gasteiger partial charge in [-0.25, -0.2) is 0 Å². The highest BCUT2D eigenvalue weighted by atomic mass is 16.5. The van der Waals surface area contributed by atoms with Gasteiger partial charge >= 0.3 is 0 Å². The summed E-state index contributed by atoms with van der Waals surface area (Å²) in [6.07, 6.45) is 6.49. The van der Waals surface area contributed by atoms with Crippen molar-refractivity contribution in [3.63, 3.8) is 0 Å². The van der Waals surface area contributed by atoms with Crippen LogP contribution in [0.15, 0.2) is 24.3 Å². The number of nitrogens with one attached hydrogen (secondary N) is 1. The number of hydrogen-bond donors (Lipinski definition) is 1. The lowest BCUT2D eigenvalue weighted by Gasteiger charge is -2.30. The molecule has 1 aromatic rings. The van der Waals surface area contributed by atoms with Gasteiger partial charge in [-0.3, -0.25) is 0 Å². The summed E-state index contributed by atoms with van der Waals surface area (Å²) in [5, 5.41) is 3.64. The molecule has 0 amide bonds. The Morgan fingerprint density at radius 1 is 1.30 bits per heavy atom. The van der Waals surface area contributed by atoms with Gasteiger partial charge in [0.25, 0.3) is 0 Å². The van der Waals surface area contributed by atoms with E-state index in [-0.39, 0.29) is 0 Å². The van der Waals surface area contributed by atoms with Crippen molar-refractivity contribution in [1.29, 1.82) is 0 Å². The molecule has 0 radical (unpaired) electrons. The van der Waals surface area contributed by atoms with E-state index < -0.39 is 0 Å². The highest BCUT2D eigenvalue weighted by Gasteiger charge is 2.22. The minimum Gasteiger partial charge on any atom is -0.490 e. The fourth-order valence-corrected chi connectivity index (χ4v) is 2.93. The lowest BCUT2D eigenvalue weighted by atomic mass is 9.92. The van der Waals surface area contributed by atoms with E-state index in [0.29, 0.717) is 18.1 Å². The van der Waals surface area contributed by atoms with E-state index in [0.717, 1.165) is 18.7 Å². The molecular weight excluding hydrogens is 246 g/mol. The molecule has 2 rings (SSSR count). The van der Waals surface area contributed by atoms with Crippen LogP contribution in [0.3, 0.4) is 0 Å². The quantitative estimate of drug-likeness (QED) is 0.825. The monoisotopic (exact) mass is 275 g/mol. The Bertz CT molecular complexity index is 402. The van der Waals surface area contributed by atoms with Crippen molar-refractivity contribution in [2.45, 2.75) is 70.9 Å². The van der Waals surface area contributed by atoms with Crippen molar-refractivity contribution in [3.8, 4) is 5.75 Å². The number of rotatable bonds is 6. The van der Waals surface area contributed by atoms with Crippen LogP contribution >= 0.6 is 0 Å². The zero-order chi connectivity index (χ0) is 14.4. The SMILES string of the molecule is CCCNC1CCCC(Oc2cccc(C(C)C)c2)C1. The molecule has 1 aliphatic carbocycles. The Morgan fingerprint density at radius 2 is 2.15 bits per heavy atom. The normalized spacial score (nSPS) is 23.0. The first-order valence-corrected chi connectivity index (χ1v) is 8.19. The van der Waals surface area contributed by atoms with E-state index in [9.17, 15) is 0 Å². The maximum absolute atomic E-state index is 6.22. The lowest BCUT2D eigenvalue weighted by molar-refractivity contribution is 0.134. The standard InChI is InChI=1S/C18H29NO/c1-4-11-19-16-8-6-10-18(13-16)20-17-9-5-7-15(12-17)14(2)3/h5,7,9,12,14,16,18-19H,4,6,8,10-11,13H2,1-3H3. The van der Waals surface area contributed by atoms with Gasteiger partial charge in [0, 0.05) is 6.04 Å². The van der Waals surface area contributed by atoms with E-state index in [2.05, 4.69) is 50.4 Å². The van der Waals surface area contributed by atoms with Gasteiger partial charge in [0.1, 0.15) is 11.9 Å². The highest BCUT2D eigenvalue weighted by molar-refractivity contribution is 5.30. The topological polar surface area (TPSA) is 21.3 Å². The van der Waals surface area contributed by atoms with Gasteiger partial charge in [0.05, 0.1) is 0 Å². The minimum absolute atomic E-state index is 0.375. The summed E-state index contributed by atoms with van der Waals surface area (Å²) in [6.45, 7) is 7.80.